The Hall–Kier alpha value is 0.748. The van der Waals surface area contributed by atoms with Crippen LogP contribution < -0.4 is 0 Å². The molecule has 2 unspecified atom stereocenters. The van der Waals surface area contributed by atoms with Gasteiger partial charge in [0.25, 0.3) is 0 Å². The van der Waals surface area contributed by atoms with Crippen molar-refractivity contribution in [2.24, 2.45) is 11.8 Å². The summed E-state index contributed by atoms with van der Waals surface area (Å²) in [6, 6.07) is 2.43. The average Bonchev–Trinajstić information content (AvgIpc) is 2.48. The first-order chi connectivity index (χ1) is 14.4. The Bertz CT molecular complexity index is 529. The third-order valence-electron chi connectivity index (χ3n) is 6.98. The van der Waals surface area contributed by atoms with Crippen LogP contribution >= 0.6 is 0 Å². The second kappa shape index (κ2) is 12.3. The van der Waals surface area contributed by atoms with Crippen LogP contribution in [0.15, 0.2) is 0 Å². The van der Waals surface area contributed by atoms with Gasteiger partial charge >= 0.3 is 0 Å². The maximum Gasteiger partial charge on any atom is 0.173 e. The number of ether oxygens (including phenoxy) is 1. The fourth-order valence-corrected chi connectivity index (χ4v) is 21.1. The normalized spacial score (nSPS) is 18.0. The number of rotatable bonds is 16. The van der Waals surface area contributed by atoms with E-state index in [1.807, 2.05) is 0 Å². The molecule has 2 atom stereocenters. The minimum atomic E-state index is -1.62. The van der Waals surface area contributed by atoms with E-state index < -0.39 is 33.3 Å². The Kier molecular flexibility index (Phi) is 12.6. The lowest BCUT2D eigenvalue weighted by atomic mass is 9.82. The average molecular weight is 535 g/mol. The first kappa shape index (κ1) is 33.7. The molecule has 200 valence electrons. The molecule has 33 heavy (non-hydrogen) atoms. The van der Waals surface area contributed by atoms with Gasteiger partial charge in [0, 0.05) is 0 Å². The molecule has 0 aromatic carbocycles. The van der Waals surface area contributed by atoms with Crippen molar-refractivity contribution < 1.29 is 13.0 Å². The van der Waals surface area contributed by atoms with Gasteiger partial charge in [0.1, 0.15) is 0 Å². The molecular weight excluding hydrogens is 473 g/mol. The van der Waals surface area contributed by atoms with E-state index in [-0.39, 0.29) is 11.2 Å². The van der Waals surface area contributed by atoms with Crippen LogP contribution in [-0.4, -0.2) is 44.5 Å². The predicted molar refractivity (Wildman–Crippen MR) is 159 cm³/mol. The van der Waals surface area contributed by atoms with Crippen molar-refractivity contribution in [2.75, 3.05) is 0 Å². The van der Waals surface area contributed by atoms with Crippen molar-refractivity contribution in [1.29, 1.82) is 0 Å². The second-order valence-electron chi connectivity index (χ2n) is 14.7. The minimum absolute atomic E-state index is 0.107. The Morgan fingerprint density at radius 2 is 0.818 bits per heavy atom. The molecule has 0 fully saturated rings. The van der Waals surface area contributed by atoms with Crippen LogP contribution in [0.4, 0.5) is 0 Å². The quantitative estimate of drug-likeness (QED) is 0.184. The van der Waals surface area contributed by atoms with Crippen molar-refractivity contribution >= 4 is 33.3 Å². The molecule has 0 radical (unpaired) electrons. The fraction of sp³-hybridized carbons (Fsp3) is 1.00. The molecule has 0 rings (SSSR count). The molecule has 0 aliphatic carbocycles. The summed E-state index contributed by atoms with van der Waals surface area (Å²) in [7, 11) is -6.20. The Labute approximate surface area is 213 Å². The lowest BCUT2D eigenvalue weighted by Gasteiger charge is -2.46. The van der Waals surface area contributed by atoms with Crippen LogP contribution in [-0.2, 0) is 13.0 Å². The van der Waals surface area contributed by atoms with Gasteiger partial charge < -0.3 is 13.0 Å². The van der Waals surface area contributed by atoms with Crippen molar-refractivity contribution in [3.05, 3.63) is 0 Å². The zero-order chi connectivity index (χ0) is 26.5. The monoisotopic (exact) mass is 534 g/mol. The summed E-state index contributed by atoms with van der Waals surface area (Å²) in [5.41, 5.74) is -0.213. The molecule has 0 saturated carbocycles. The summed E-state index contributed by atoms with van der Waals surface area (Å²) in [6.07, 6.45) is 4.60. The van der Waals surface area contributed by atoms with Gasteiger partial charge in [0.15, 0.2) is 33.3 Å². The van der Waals surface area contributed by atoms with Crippen molar-refractivity contribution in [3.8, 4) is 0 Å². The smallest absolute Gasteiger partial charge is 0.173 e. The maximum atomic E-state index is 7.15. The Morgan fingerprint density at radius 3 is 1.03 bits per heavy atom. The van der Waals surface area contributed by atoms with Crippen LogP contribution in [0.3, 0.4) is 0 Å². The lowest BCUT2D eigenvalue weighted by molar-refractivity contribution is -0.186. The van der Waals surface area contributed by atoms with Gasteiger partial charge in [0.2, 0.25) is 0 Å². The van der Waals surface area contributed by atoms with Gasteiger partial charge in [-0.15, -0.1) is 0 Å². The molecule has 0 heterocycles. The van der Waals surface area contributed by atoms with Crippen LogP contribution in [0, 0.1) is 11.8 Å². The predicted octanol–water partition coefficient (Wildman–Crippen LogP) is 9.51. The highest BCUT2D eigenvalue weighted by atomic mass is 28.4. The van der Waals surface area contributed by atoms with Gasteiger partial charge in [0.05, 0.1) is 11.2 Å². The Balaban J connectivity index is 5.23. The first-order valence-corrected chi connectivity index (χ1v) is 26.6. The van der Waals surface area contributed by atoms with E-state index >= 15 is 0 Å². The molecule has 0 aliphatic rings. The molecule has 0 bridgehead atoms. The van der Waals surface area contributed by atoms with Crippen molar-refractivity contribution in [3.63, 3.8) is 0 Å². The highest BCUT2D eigenvalue weighted by Gasteiger charge is 2.41. The van der Waals surface area contributed by atoms with Gasteiger partial charge in [-0.3, -0.25) is 0 Å². The standard InChI is InChI=1S/C26H62O3Si4/c1-23(2)25(5,19-17-21-32(13,14)28-30(7,8)9)27-26(6,24(3)4)20-18-22-33(15,16)29-31(10,11)12/h23-24H,17-22H2,1-16H3. The van der Waals surface area contributed by atoms with E-state index in [1.54, 1.807) is 0 Å². The zero-order valence-corrected chi connectivity index (χ0v) is 29.6. The molecule has 3 nitrogen and oxygen atoms in total. The van der Waals surface area contributed by atoms with E-state index in [0.717, 1.165) is 12.8 Å². The number of hydrogen-bond donors (Lipinski definition) is 0. The minimum Gasteiger partial charge on any atom is -0.456 e. The van der Waals surface area contributed by atoms with E-state index in [1.165, 1.54) is 24.9 Å². The van der Waals surface area contributed by atoms with E-state index in [2.05, 4.69) is 107 Å². The van der Waals surface area contributed by atoms with Gasteiger partial charge in [-0.05, 0) is 116 Å². The van der Waals surface area contributed by atoms with Crippen LogP contribution in [0.1, 0.15) is 67.2 Å². The summed E-state index contributed by atoms with van der Waals surface area (Å²) < 4.78 is 20.3. The fourth-order valence-electron chi connectivity index (χ4n) is 4.94. The topological polar surface area (TPSA) is 27.7 Å². The van der Waals surface area contributed by atoms with Gasteiger partial charge in [-0.2, -0.15) is 0 Å². The molecule has 0 amide bonds. The van der Waals surface area contributed by atoms with Crippen LogP contribution in [0.25, 0.3) is 0 Å². The number of hydrogen-bond acceptors (Lipinski definition) is 3. The Morgan fingerprint density at radius 1 is 0.545 bits per heavy atom. The molecule has 0 aromatic heterocycles. The van der Waals surface area contributed by atoms with E-state index in [4.69, 9.17) is 13.0 Å². The third-order valence-corrected chi connectivity index (χ3v) is 19.4. The molecular formula is C26H62O3Si4. The van der Waals surface area contributed by atoms with E-state index in [0.29, 0.717) is 11.8 Å². The van der Waals surface area contributed by atoms with Gasteiger partial charge in [-0.1, -0.05) is 40.5 Å². The SMILES string of the molecule is CC(C)C(C)(CCC[Si](C)(C)O[Si](C)(C)C)OC(C)(CCC[Si](C)(C)O[Si](C)(C)C)C(C)C. The van der Waals surface area contributed by atoms with E-state index in [9.17, 15) is 0 Å². The van der Waals surface area contributed by atoms with Gasteiger partial charge in [-0.25, -0.2) is 0 Å². The summed E-state index contributed by atoms with van der Waals surface area (Å²) in [5.74, 6) is 0.971. The van der Waals surface area contributed by atoms with Crippen molar-refractivity contribution in [1.82, 2.24) is 0 Å². The third kappa shape index (κ3) is 14.2. The van der Waals surface area contributed by atoms with Crippen LogP contribution in [0.2, 0.25) is 77.6 Å². The largest absolute Gasteiger partial charge is 0.456 e. The molecule has 7 heteroatoms. The maximum absolute atomic E-state index is 7.15. The highest BCUT2D eigenvalue weighted by Crippen LogP contribution is 2.39. The summed E-state index contributed by atoms with van der Waals surface area (Å²) >= 11 is 0. The first-order valence-electron chi connectivity index (χ1n) is 13.5. The summed E-state index contributed by atoms with van der Waals surface area (Å²) in [4.78, 5) is 0. The van der Waals surface area contributed by atoms with Crippen LogP contribution in [0.5, 0.6) is 0 Å². The molecule has 0 N–H and O–H groups in total. The second-order valence-corrected chi connectivity index (χ2v) is 32.8. The zero-order valence-electron chi connectivity index (χ0n) is 25.6. The summed E-state index contributed by atoms with van der Waals surface area (Å²) in [6.45, 7) is 37.5. The summed E-state index contributed by atoms with van der Waals surface area (Å²) in [5, 5.41) is 0. The lowest BCUT2D eigenvalue weighted by Crippen LogP contribution is -2.48. The molecule has 0 aromatic rings. The van der Waals surface area contributed by atoms with Crippen molar-refractivity contribution in [2.45, 2.75) is 156 Å². The molecule has 0 aliphatic heterocycles. The molecule has 0 saturated heterocycles. The molecule has 0 spiro atoms. The highest BCUT2D eigenvalue weighted by molar-refractivity contribution is 6.84.